The Hall–Kier alpha value is -2.29. The van der Waals surface area contributed by atoms with E-state index >= 15 is 0 Å². The second kappa shape index (κ2) is 9.68. The minimum Gasteiger partial charge on any atom is -0.497 e. The van der Waals surface area contributed by atoms with Gasteiger partial charge in [-0.05, 0) is 84.7 Å². The number of methoxy groups -OCH3 is 2. The number of rotatable bonds is 10. The number of benzene rings is 2. The molecule has 2 aromatic carbocycles. The fourth-order valence-electron chi connectivity index (χ4n) is 5.07. The number of ether oxygens (including phenoxy) is 2. The van der Waals surface area contributed by atoms with Gasteiger partial charge in [0.2, 0.25) is 0 Å². The maximum absolute atomic E-state index is 13.3. The Morgan fingerprint density at radius 1 is 0.733 bits per heavy atom. The highest BCUT2D eigenvalue weighted by atomic mass is 16.5. The molecule has 0 unspecified atom stereocenters. The van der Waals surface area contributed by atoms with Crippen LogP contribution in [0.4, 0.5) is 0 Å². The summed E-state index contributed by atoms with van der Waals surface area (Å²) in [5, 5.41) is 0. The van der Waals surface area contributed by atoms with Gasteiger partial charge in [0.15, 0.2) is 0 Å². The summed E-state index contributed by atoms with van der Waals surface area (Å²) in [6, 6.07) is 16.7. The number of hydrogen-bond donors (Lipinski definition) is 0. The summed E-state index contributed by atoms with van der Waals surface area (Å²) >= 11 is 0. The van der Waals surface area contributed by atoms with E-state index in [0.717, 1.165) is 11.5 Å². The van der Waals surface area contributed by atoms with Crippen LogP contribution in [-0.2, 0) is 4.79 Å². The number of carbonyl (C=O) groups excluding carboxylic acids is 1. The molecule has 0 amide bonds. The third-order valence-corrected chi connectivity index (χ3v) is 7.42. The largest absolute Gasteiger partial charge is 0.497 e. The summed E-state index contributed by atoms with van der Waals surface area (Å²) in [5.74, 6) is 4.14. The SMILES string of the molecule is COc1ccc([C@@H](CC(=O)C[C@@H](c2ccc(OC)cc2)C2CCC2)C2CCC2)cc1. The van der Waals surface area contributed by atoms with Gasteiger partial charge >= 0.3 is 0 Å². The van der Waals surface area contributed by atoms with Crippen LogP contribution in [0.1, 0.15) is 74.3 Å². The molecule has 0 aliphatic heterocycles. The van der Waals surface area contributed by atoms with E-state index in [0.29, 0.717) is 42.3 Å². The lowest BCUT2D eigenvalue weighted by Crippen LogP contribution is -2.26. The zero-order chi connectivity index (χ0) is 20.9. The lowest BCUT2D eigenvalue weighted by atomic mass is 9.68. The fraction of sp³-hybridized carbons (Fsp3) is 0.519. The first kappa shape index (κ1) is 21.0. The van der Waals surface area contributed by atoms with Crippen LogP contribution in [0.25, 0.3) is 0 Å². The highest BCUT2D eigenvalue weighted by Crippen LogP contribution is 2.45. The average molecular weight is 407 g/mol. The van der Waals surface area contributed by atoms with Gasteiger partial charge < -0.3 is 9.47 Å². The molecule has 2 saturated carbocycles. The molecule has 2 aliphatic rings. The summed E-state index contributed by atoms with van der Waals surface area (Å²) < 4.78 is 10.6. The zero-order valence-electron chi connectivity index (χ0n) is 18.3. The molecule has 2 fully saturated rings. The van der Waals surface area contributed by atoms with Crippen LogP contribution < -0.4 is 9.47 Å². The minimum atomic E-state index is 0.343. The van der Waals surface area contributed by atoms with E-state index in [2.05, 4.69) is 24.3 Å². The summed E-state index contributed by atoms with van der Waals surface area (Å²) in [7, 11) is 3.39. The summed E-state index contributed by atoms with van der Waals surface area (Å²) in [6.45, 7) is 0. The average Bonchev–Trinajstić information content (AvgIpc) is 2.70. The smallest absolute Gasteiger partial charge is 0.134 e. The van der Waals surface area contributed by atoms with Crippen molar-refractivity contribution >= 4 is 5.78 Å². The lowest BCUT2D eigenvalue weighted by molar-refractivity contribution is -0.120. The lowest BCUT2D eigenvalue weighted by Gasteiger charge is -2.36. The number of hydrogen-bond acceptors (Lipinski definition) is 3. The van der Waals surface area contributed by atoms with E-state index in [9.17, 15) is 4.79 Å². The minimum absolute atomic E-state index is 0.343. The van der Waals surface area contributed by atoms with Crippen molar-refractivity contribution in [2.24, 2.45) is 11.8 Å². The zero-order valence-corrected chi connectivity index (χ0v) is 18.3. The molecule has 2 atom stereocenters. The normalized spacial score (nSPS) is 18.7. The van der Waals surface area contributed by atoms with E-state index in [1.807, 2.05) is 24.3 Å². The van der Waals surface area contributed by atoms with Crippen molar-refractivity contribution < 1.29 is 14.3 Å². The van der Waals surface area contributed by atoms with Crippen molar-refractivity contribution in [3.8, 4) is 11.5 Å². The Bertz CT molecular complexity index is 747. The predicted octanol–water partition coefficient (Wildman–Crippen LogP) is 6.52. The number of carbonyl (C=O) groups is 1. The molecule has 0 N–H and O–H groups in total. The topological polar surface area (TPSA) is 35.5 Å². The molecule has 0 saturated heterocycles. The van der Waals surface area contributed by atoms with Crippen LogP contribution in [0, 0.1) is 11.8 Å². The van der Waals surface area contributed by atoms with Crippen LogP contribution in [0.5, 0.6) is 11.5 Å². The van der Waals surface area contributed by atoms with Crippen LogP contribution in [-0.4, -0.2) is 20.0 Å². The van der Waals surface area contributed by atoms with E-state index < -0.39 is 0 Å². The Morgan fingerprint density at radius 2 is 1.10 bits per heavy atom. The third kappa shape index (κ3) is 4.71. The van der Waals surface area contributed by atoms with Gasteiger partial charge in [-0.2, -0.15) is 0 Å². The maximum Gasteiger partial charge on any atom is 0.134 e. The van der Waals surface area contributed by atoms with Crippen molar-refractivity contribution in [2.75, 3.05) is 14.2 Å². The van der Waals surface area contributed by atoms with Gasteiger partial charge in [-0.3, -0.25) is 4.79 Å². The predicted molar refractivity (Wildman–Crippen MR) is 120 cm³/mol. The molecular weight excluding hydrogens is 372 g/mol. The van der Waals surface area contributed by atoms with Crippen LogP contribution >= 0.6 is 0 Å². The second-order valence-electron chi connectivity index (χ2n) is 9.09. The van der Waals surface area contributed by atoms with Gasteiger partial charge in [-0.15, -0.1) is 0 Å². The molecule has 30 heavy (non-hydrogen) atoms. The van der Waals surface area contributed by atoms with Crippen LogP contribution in [0.3, 0.4) is 0 Å². The molecule has 160 valence electrons. The van der Waals surface area contributed by atoms with E-state index in [1.165, 1.54) is 49.7 Å². The molecule has 0 heterocycles. The molecule has 4 rings (SSSR count). The van der Waals surface area contributed by atoms with Gasteiger partial charge in [-0.1, -0.05) is 37.1 Å². The highest BCUT2D eigenvalue weighted by molar-refractivity contribution is 5.80. The Balaban J connectivity index is 1.47. The monoisotopic (exact) mass is 406 g/mol. The molecular formula is C27H34O3. The maximum atomic E-state index is 13.3. The molecule has 3 heteroatoms. The Morgan fingerprint density at radius 3 is 1.37 bits per heavy atom. The first-order valence-corrected chi connectivity index (χ1v) is 11.5. The quantitative estimate of drug-likeness (QED) is 0.450. The molecule has 0 bridgehead atoms. The van der Waals surface area contributed by atoms with E-state index in [1.54, 1.807) is 14.2 Å². The number of ketones is 1. The summed E-state index contributed by atoms with van der Waals surface area (Å²) in [5.41, 5.74) is 2.58. The fourth-order valence-corrected chi connectivity index (χ4v) is 5.07. The molecule has 2 aromatic rings. The van der Waals surface area contributed by atoms with Crippen molar-refractivity contribution in [1.82, 2.24) is 0 Å². The second-order valence-corrected chi connectivity index (χ2v) is 9.09. The van der Waals surface area contributed by atoms with Gasteiger partial charge in [0.1, 0.15) is 17.3 Å². The van der Waals surface area contributed by atoms with E-state index in [4.69, 9.17) is 9.47 Å². The van der Waals surface area contributed by atoms with Crippen molar-refractivity contribution in [3.63, 3.8) is 0 Å². The number of Topliss-reactive ketones (excluding diaryl/α,β-unsaturated/α-hetero) is 1. The highest BCUT2D eigenvalue weighted by Gasteiger charge is 2.33. The van der Waals surface area contributed by atoms with Crippen molar-refractivity contribution in [1.29, 1.82) is 0 Å². The standard InChI is InChI=1S/C27H34O3/c1-29-24-13-9-21(10-14-24)26(19-5-3-6-19)17-23(28)18-27(20-7-4-8-20)22-11-15-25(30-2)16-12-22/h9-16,19-20,26-27H,3-8,17-18H2,1-2H3/t26-,27+. The van der Waals surface area contributed by atoms with Gasteiger partial charge in [-0.25, -0.2) is 0 Å². The van der Waals surface area contributed by atoms with Crippen LogP contribution in [0.15, 0.2) is 48.5 Å². The first-order valence-electron chi connectivity index (χ1n) is 11.5. The molecule has 0 radical (unpaired) electrons. The first-order chi connectivity index (χ1) is 14.7. The van der Waals surface area contributed by atoms with Gasteiger partial charge in [0, 0.05) is 12.8 Å². The third-order valence-electron chi connectivity index (χ3n) is 7.42. The summed E-state index contributed by atoms with van der Waals surface area (Å²) in [4.78, 5) is 13.3. The van der Waals surface area contributed by atoms with Gasteiger partial charge in [0.05, 0.1) is 14.2 Å². The van der Waals surface area contributed by atoms with Crippen molar-refractivity contribution in [2.45, 2.75) is 63.2 Å². The molecule has 2 aliphatic carbocycles. The Labute approximate surface area is 180 Å². The van der Waals surface area contributed by atoms with E-state index in [-0.39, 0.29) is 0 Å². The molecule has 0 aromatic heterocycles. The molecule has 0 spiro atoms. The van der Waals surface area contributed by atoms with Gasteiger partial charge in [0.25, 0.3) is 0 Å². The summed E-state index contributed by atoms with van der Waals surface area (Å²) in [6.07, 6.45) is 8.89. The Kier molecular flexibility index (Phi) is 6.76. The van der Waals surface area contributed by atoms with Crippen LogP contribution in [0.2, 0.25) is 0 Å². The van der Waals surface area contributed by atoms with Crippen molar-refractivity contribution in [3.05, 3.63) is 59.7 Å². The molecule has 3 nitrogen and oxygen atoms in total.